The number of ether oxygens (including phenoxy) is 2. The Kier molecular flexibility index (Phi) is 3.92. The smallest absolute Gasteiger partial charge is 0.320 e. The van der Waals surface area contributed by atoms with Crippen LogP contribution in [0.25, 0.3) is 0 Å². The second-order valence-corrected chi connectivity index (χ2v) is 4.85. The van der Waals surface area contributed by atoms with Crippen LogP contribution in [0.4, 0.5) is 11.7 Å². The van der Waals surface area contributed by atoms with Crippen molar-refractivity contribution in [2.24, 2.45) is 0 Å². The molecule has 7 nitrogen and oxygen atoms in total. The Labute approximate surface area is 122 Å². The summed E-state index contributed by atoms with van der Waals surface area (Å²) in [4.78, 5) is 0. The topological polar surface area (TPSA) is 81.4 Å². The molecule has 0 bridgehead atoms. The lowest BCUT2D eigenvalue weighted by atomic mass is 10.2. The molecule has 0 atom stereocenters. The van der Waals surface area contributed by atoms with Gasteiger partial charge in [-0.25, -0.2) is 0 Å². The van der Waals surface area contributed by atoms with Gasteiger partial charge in [0.15, 0.2) is 0 Å². The van der Waals surface area contributed by atoms with Crippen LogP contribution >= 0.6 is 0 Å². The van der Waals surface area contributed by atoms with E-state index < -0.39 is 0 Å². The van der Waals surface area contributed by atoms with Gasteiger partial charge in [0.25, 0.3) is 0 Å². The van der Waals surface area contributed by atoms with Crippen LogP contribution in [0.2, 0.25) is 0 Å². The molecule has 1 aliphatic carbocycles. The Balaban J connectivity index is 1.67. The summed E-state index contributed by atoms with van der Waals surface area (Å²) in [6, 6.07) is 6.40. The number of nitrogens with one attached hydrogen (secondary N) is 2. The molecule has 0 saturated heterocycles. The van der Waals surface area contributed by atoms with Crippen molar-refractivity contribution in [2.75, 3.05) is 19.5 Å². The molecule has 1 heterocycles. The van der Waals surface area contributed by atoms with E-state index in [1.165, 1.54) is 12.8 Å². The lowest BCUT2D eigenvalue weighted by Gasteiger charge is -2.09. The highest BCUT2D eigenvalue weighted by atomic mass is 16.5. The van der Waals surface area contributed by atoms with Crippen LogP contribution in [0.15, 0.2) is 22.6 Å². The molecular weight excluding hydrogens is 272 g/mol. The predicted molar refractivity (Wildman–Crippen MR) is 77.0 cm³/mol. The molecule has 0 unspecified atom stereocenters. The molecule has 7 heteroatoms. The quantitative estimate of drug-likeness (QED) is 0.808. The minimum atomic E-state index is 0.339. The van der Waals surface area contributed by atoms with E-state index in [0.29, 0.717) is 30.2 Å². The summed E-state index contributed by atoms with van der Waals surface area (Å²) in [6.45, 7) is 0.596. The molecule has 0 radical (unpaired) electrons. The van der Waals surface area contributed by atoms with Crippen LogP contribution in [0.1, 0.15) is 18.7 Å². The van der Waals surface area contributed by atoms with Gasteiger partial charge in [-0.3, -0.25) is 0 Å². The van der Waals surface area contributed by atoms with Crippen LogP contribution in [0.5, 0.6) is 11.5 Å². The summed E-state index contributed by atoms with van der Waals surface area (Å²) < 4.78 is 16.0. The number of anilines is 2. The minimum absolute atomic E-state index is 0.339. The third kappa shape index (κ3) is 3.43. The van der Waals surface area contributed by atoms with E-state index >= 15 is 0 Å². The van der Waals surface area contributed by atoms with Crippen molar-refractivity contribution in [1.29, 1.82) is 0 Å². The SMILES string of the molecule is COc1ccc(Nc2nnc(CNC3CC3)o2)c(OC)c1. The zero-order valence-electron chi connectivity index (χ0n) is 12.0. The second kappa shape index (κ2) is 6.01. The largest absolute Gasteiger partial charge is 0.497 e. The molecule has 1 fully saturated rings. The van der Waals surface area contributed by atoms with Crippen molar-refractivity contribution in [3.8, 4) is 11.5 Å². The first-order chi connectivity index (χ1) is 10.3. The van der Waals surface area contributed by atoms with E-state index in [4.69, 9.17) is 13.9 Å². The number of aromatic nitrogens is 2. The van der Waals surface area contributed by atoms with Crippen molar-refractivity contribution in [2.45, 2.75) is 25.4 Å². The minimum Gasteiger partial charge on any atom is -0.497 e. The van der Waals surface area contributed by atoms with Crippen LogP contribution in [0, 0.1) is 0 Å². The lowest BCUT2D eigenvalue weighted by molar-refractivity contribution is 0.395. The maximum absolute atomic E-state index is 5.54. The molecule has 0 spiro atoms. The van der Waals surface area contributed by atoms with Gasteiger partial charge in [0.2, 0.25) is 5.89 Å². The molecule has 1 aromatic carbocycles. The van der Waals surface area contributed by atoms with Crippen molar-refractivity contribution >= 4 is 11.7 Å². The summed E-state index contributed by atoms with van der Waals surface area (Å²) >= 11 is 0. The molecule has 0 aliphatic heterocycles. The summed E-state index contributed by atoms with van der Waals surface area (Å²) in [5.41, 5.74) is 0.739. The fraction of sp³-hybridized carbons (Fsp3) is 0.429. The Morgan fingerprint density at radius 3 is 2.81 bits per heavy atom. The van der Waals surface area contributed by atoms with Gasteiger partial charge in [-0.05, 0) is 25.0 Å². The third-order valence-electron chi connectivity index (χ3n) is 3.24. The fourth-order valence-corrected chi connectivity index (χ4v) is 1.91. The first-order valence-electron chi connectivity index (χ1n) is 6.83. The molecule has 3 rings (SSSR count). The van der Waals surface area contributed by atoms with Crippen LogP contribution in [0.3, 0.4) is 0 Å². The Bertz CT molecular complexity index is 610. The summed E-state index contributed by atoms with van der Waals surface area (Å²) in [7, 11) is 3.21. The van der Waals surface area contributed by atoms with E-state index in [1.807, 2.05) is 12.1 Å². The zero-order valence-corrected chi connectivity index (χ0v) is 12.0. The van der Waals surface area contributed by atoms with E-state index in [0.717, 1.165) is 11.4 Å². The molecule has 1 aromatic heterocycles. The molecule has 1 saturated carbocycles. The number of methoxy groups -OCH3 is 2. The number of nitrogens with zero attached hydrogens (tertiary/aromatic N) is 2. The molecule has 1 aliphatic rings. The van der Waals surface area contributed by atoms with E-state index in [9.17, 15) is 0 Å². The molecule has 21 heavy (non-hydrogen) atoms. The van der Waals surface area contributed by atoms with Crippen molar-refractivity contribution < 1.29 is 13.9 Å². The first kappa shape index (κ1) is 13.7. The van der Waals surface area contributed by atoms with Gasteiger partial charge >= 0.3 is 6.01 Å². The van der Waals surface area contributed by atoms with Crippen molar-refractivity contribution in [1.82, 2.24) is 15.5 Å². The van der Waals surface area contributed by atoms with Gasteiger partial charge in [-0.2, -0.15) is 0 Å². The first-order valence-corrected chi connectivity index (χ1v) is 6.83. The van der Waals surface area contributed by atoms with E-state index in [2.05, 4.69) is 20.8 Å². The standard InChI is InChI=1S/C14H18N4O3/c1-19-10-5-6-11(12(7-10)20-2)16-14-18-17-13(21-14)8-15-9-3-4-9/h5-7,9,15H,3-4,8H2,1-2H3,(H,16,18). The average Bonchev–Trinajstić information content (AvgIpc) is 3.25. The maximum Gasteiger partial charge on any atom is 0.320 e. The number of hydrogen-bond acceptors (Lipinski definition) is 7. The number of benzene rings is 1. The van der Waals surface area contributed by atoms with Gasteiger partial charge in [-0.15, -0.1) is 5.10 Å². The molecule has 2 aromatic rings. The average molecular weight is 290 g/mol. The Morgan fingerprint density at radius 1 is 1.24 bits per heavy atom. The molecule has 2 N–H and O–H groups in total. The Hall–Kier alpha value is -2.28. The maximum atomic E-state index is 5.54. The van der Waals surface area contributed by atoms with Crippen molar-refractivity contribution in [3.63, 3.8) is 0 Å². The summed E-state index contributed by atoms with van der Waals surface area (Å²) in [5, 5.41) is 14.3. The van der Waals surface area contributed by atoms with Gasteiger partial charge in [-0.1, -0.05) is 5.10 Å². The normalized spacial score (nSPS) is 14.0. The van der Waals surface area contributed by atoms with Crippen LogP contribution in [-0.2, 0) is 6.54 Å². The molecule has 0 amide bonds. The fourth-order valence-electron chi connectivity index (χ4n) is 1.91. The number of hydrogen-bond donors (Lipinski definition) is 2. The van der Waals surface area contributed by atoms with Crippen LogP contribution in [-0.4, -0.2) is 30.5 Å². The van der Waals surface area contributed by atoms with Gasteiger partial charge in [0, 0.05) is 12.1 Å². The highest BCUT2D eigenvalue weighted by Crippen LogP contribution is 2.31. The van der Waals surface area contributed by atoms with Crippen molar-refractivity contribution in [3.05, 3.63) is 24.1 Å². The highest BCUT2D eigenvalue weighted by Gasteiger charge is 2.21. The van der Waals surface area contributed by atoms with E-state index in [1.54, 1.807) is 20.3 Å². The van der Waals surface area contributed by atoms with Crippen LogP contribution < -0.4 is 20.1 Å². The molecular formula is C14H18N4O3. The summed E-state index contributed by atoms with van der Waals surface area (Å²) in [5.74, 6) is 1.93. The zero-order chi connectivity index (χ0) is 14.7. The monoisotopic (exact) mass is 290 g/mol. The lowest BCUT2D eigenvalue weighted by Crippen LogP contribution is -2.15. The number of rotatable bonds is 7. The Morgan fingerprint density at radius 2 is 2.10 bits per heavy atom. The second-order valence-electron chi connectivity index (χ2n) is 4.85. The molecule has 112 valence electrons. The van der Waals surface area contributed by atoms with E-state index in [-0.39, 0.29) is 0 Å². The highest BCUT2D eigenvalue weighted by molar-refractivity contribution is 5.63. The summed E-state index contributed by atoms with van der Waals surface area (Å²) in [6.07, 6.45) is 2.45. The van der Waals surface area contributed by atoms with Gasteiger partial charge in [0.1, 0.15) is 11.5 Å². The van der Waals surface area contributed by atoms with Gasteiger partial charge < -0.3 is 24.5 Å². The third-order valence-corrected chi connectivity index (χ3v) is 3.24. The predicted octanol–water partition coefficient (Wildman–Crippen LogP) is 2.08. The van der Waals surface area contributed by atoms with Gasteiger partial charge in [0.05, 0.1) is 26.5 Å².